The first-order valence-electron chi connectivity index (χ1n) is 6.81. The lowest BCUT2D eigenvalue weighted by Gasteiger charge is -2.14. The Morgan fingerprint density at radius 2 is 1.77 bits per heavy atom. The molecule has 2 aromatic rings. The van der Waals surface area contributed by atoms with Gasteiger partial charge in [-0.2, -0.15) is 0 Å². The molecule has 0 spiro atoms. The largest absolute Gasteiger partial charge is 0.488 e. The zero-order chi connectivity index (χ0) is 15.9. The number of rotatable bonds is 7. The topological polar surface area (TPSA) is 82.0 Å². The van der Waals surface area contributed by atoms with Gasteiger partial charge in [0.2, 0.25) is 0 Å². The number of nitrogens with one attached hydrogen (secondary N) is 1. The van der Waals surface area contributed by atoms with Crippen LogP contribution in [0, 0.1) is 0 Å². The van der Waals surface area contributed by atoms with Crippen LogP contribution in [0.3, 0.4) is 0 Å². The number of hydrogen-bond acceptors (Lipinski definition) is 5. The highest BCUT2D eigenvalue weighted by atomic mass is 35.5. The lowest BCUT2D eigenvalue weighted by atomic mass is 9.80. The highest BCUT2D eigenvalue weighted by Crippen LogP contribution is 2.28. The summed E-state index contributed by atoms with van der Waals surface area (Å²) in [4.78, 5) is 0. The molecule has 22 heavy (non-hydrogen) atoms. The molecule has 0 bridgehead atoms. The molecule has 0 amide bonds. The zero-order valence-corrected chi connectivity index (χ0v) is 12.6. The van der Waals surface area contributed by atoms with Crippen molar-refractivity contribution in [1.29, 1.82) is 0 Å². The minimum Gasteiger partial charge on any atom is -0.455 e. The lowest BCUT2D eigenvalue weighted by molar-refractivity contribution is 0.211. The summed E-state index contributed by atoms with van der Waals surface area (Å²) in [5.41, 5.74) is 1.13. The minimum absolute atomic E-state index is 0.154. The Morgan fingerprint density at radius 1 is 1.09 bits per heavy atom. The van der Waals surface area contributed by atoms with Gasteiger partial charge in [0.05, 0.1) is 17.7 Å². The number of halogens is 1. The Hall–Kier alpha value is -1.73. The van der Waals surface area contributed by atoms with E-state index in [1.165, 1.54) is 0 Å². The molecule has 0 saturated carbocycles. The van der Waals surface area contributed by atoms with Gasteiger partial charge in [-0.25, -0.2) is 0 Å². The van der Waals surface area contributed by atoms with Crippen molar-refractivity contribution in [1.82, 2.24) is 0 Å². The van der Waals surface area contributed by atoms with Gasteiger partial charge in [0, 0.05) is 6.54 Å². The number of anilines is 1. The summed E-state index contributed by atoms with van der Waals surface area (Å²) in [6, 6.07) is 13.8. The summed E-state index contributed by atoms with van der Waals surface area (Å²) in [6.07, 6.45) is -0.639. The molecule has 5 nitrogen and oxygen atoms in total. The lowest BCUT2D eigenvalue weighted by Crippen LogP contribution is -2.29. The third-order valence-electron chi connectivity index (χ3n) is 3.00. The van der Waals surface area contributed by atoms with Crippen molar-refractivity contribution >= 4 is 29.9 Å². The van der Waals surface area contributed by atoms with Crippen LogP contribution < -0.4 is 15.5 Å². The van der Waals surface area contributed by atoms with E-state index in [9.17, 15) is 5.11 Å². The van der Waals surface area contributed by atoms with Crippen molar-refractivity contribution in [3.05, 3.63) is 48.5 Å². The van der Waals surface area contributed by atoms with Gasteiger partial charge in [-0.3, -0.25) is 0 Å². The molecule has 2 rings (SSSR count). The molecule has 0 aliphatic rings. The molecule has 0 aromatic heterocycles. The van der Waals surface area contributed by atoms with Crippen LogP contribution in [0.25, 0.3) is 0 Å². The van der Waals surface area contributed by atoms with E-state index in [0.717, 1.165) is 5.69 Å². The molecule has 0 saturated heterocycles. The average Bonchev–Trinajstić information content (AvgIpc) is 2.54. The third kappa shape index (κ3) is 4.64. The number of para-hydroxylation sites is 2. The Balaban J connectivity index is 2.08. The van der Waals surface area contributed by atoms with E-state index in [2.05, 4.69) is 5.32 Å². The fourth-order valence-corrected chi connectivity index (χ4v) is 1.93. The van der Waals surface area contributed by atoms with Gasteiger partial charge < -0.3 is 25.2 Å². The van der Waals surface area contributed by atoms with E-state index in [1.807, 2.05) is 18.2 Å². The molecular formula is C15H17BClNO4. The van der Waals surface area contributed by atoms with Gasteiger partial charge in [0.15, 0.2) is 5.75 Å². The van der Waals surface area contributed by atoms with E-state index in [0.29, 0.717) is 23.5 Å². The maximum atomic E-state index is 9.50. The van der Waals surface area contributed by atoms with Crippen LogP contribution in [0.15, 0.2) is 48.5 Å². The van der Waals surface area contributed by atoms with Crippen LogP contribution in [0.2, 0.25) is 0 Å². The molecule has 1 atom stereocenters. The van der Waals surface area contributed by atoms with Crippen LogP contribution in [-0.2, 0) is 0 Å². The number of benzene rings is 2. The number of hydrogen-bond donors (Lipinski definition) is 4. The molecule has 0 radical (unpaired) electrons. The highest BCUT2D eigenvalue weighted by Gasteiger charge is 2.11. The Kier molecular flexibility index (Phi) is 6.09. The number of aliphatic hydroxyl groups is 1. The average molecular weight is 322 g/mol. The Labute approximate surface area is 134 Å². The van der Waals surface area contributed by atoms with Crippen molar-refractivity contribution in [3.8, 4) is 11.5 Å². The van der Waals surface area contributed by atoms with Gasteiger partial charge in [-0.15, -0.1) is 11.6 Å². The quantitative estimate of drug-likeness (QED) is 0.455. The van der Waals surface area contributed by atoms with Crippen LogP contribution in [0.1, 0.15) is 0 Å². The molecule has 4 N–H and O–H groups in total. The van der Waals surface area contributed by atoms with E-state index in [1.54, 1.807) is 30.3 Å². The van der Waals surface area contributed by atoms with Crippen molar-refractivity contribution < 1.29 is 19.9 Å². The van der Waals surface area contributed by atoms with E-state index in [-0.39, 0.29) is 5.88 Å². The Bertz CT molecular complexity index is 594. The zero-order valence-electron chi connectivity index (χ0n) is 11.8. The van der Waals surface area contributed by atoms with E-state index < -0.39 is 13.2 Å². The third-order valence-corrected chi connectivity index (χ3v) is 3.36. The van der Waals surface area contributed by atoms with Gasteiger partial charge in [-0.1, -0.05) is 24.3 Å². The molecular weight excluding hydrogens is 304 g/mol. The number of aliphatic hydroxyl groups excluding tert-OH is 1. The fourth-order valence-electron chi connectivity index (χ4n) is 1.82. The minimum atomic E-state index is -1.50. The van der Waals surface area contributed by atoms with Crippen molar-refractivity contribution in [2.75, 3.05) is 17.7 Å². The van der Waals surface area contributed by atoms with Gasteiger partial charge >= 0.3 is 7.12 Å². The smallest absolute Gasteiger partial charge is 0.455 e. The van der Waals surface area contributed by atoms with Gasteiger partial charge in [0.25, 0.3) is 0 Å². The van der Waals surface area contributed by atoms with Gasteiger partial charge in [-0.05, 0) is 29.7 Å². The highest BCUT2D eigenvalue weighted by molar-refractivity contribution is 6.58. The molecule has 7 heteroatoms. The SMILES string of the molecule is OB(O)c1ccc(Oc2ccccc2NCC(O)CCl)cc1. The maximum absolute atomic E-state index is 9.50. The molecule has 0 aliphatic heterocycles. The summed E-state index contributed by atoms with van der Waals surface area (Å²) in [5, 5.41) is 30.7. The molecule has 0 aliphatic carbocycles. The number of ether oxygens (including phenoxy) is 1. The monoisotopic (exact) mass is 321 g/mol. The summed E-state index contributed by atoms with van der Waals surface area (Å²) in [5.74, 6) is 1.32. The summed E-state index contributed by atoms with van der Waals surface area (Å²) in [6.45, 7) is 0.319. The second kappa shape index (κ2) is 8.05. The first kappa shape index (κ1) is 16.6. The predicted octanol–water partition coefficient (Wildman–Crippen LogP) is 1.17. The van der Waals surface area contributed by atoms with Crippen LogP contribution in [0.4, 0.5) is 5.69 Å². The number of alkyl halides is 1. The predicted molar refractivity (Wildman–Crippen MR) is 88.0 cm³/mol. The van der Waals surface area contributed by atoms with Crippen molar-refractivity contribution in [3.63, 3.8) is 0 Å². The fraction of sp³-hybridized carbons (Fsp3) is 0.200. The second-order valence-corrected chi connectivity index (χ2v) is 5.04. The van der Waals surface area contributed by atoms with E-state index >= 15 is 0 Å². The Morgan fingerprint density at radius 3 is 2.41 bits per heavy atom. The molecule has 1 unspecified atom stereocenters. The molecule has 0 heterocycles. The van der Waals surface area contributed by atoms with Crippen molar-refractivity contribution in [2.24, 2.45) is 0 Å². The standard InChI is InChI=1S/C15H17BClNO4/c17-9-12(19)10-18-14-3-1-2-4-15(14)22-13-7-5-11(6-8-13)16(20)21/h1-8,12,18-21H,9-10H2. The summed E-state index contributed by atoms with van der Waals surface area (Å²) < 4.78 is 5.77. The first-order valence-corrected chi connectivity index (χ1v) is 7.34. The van der Waals surface area contributed by atoms with Crippen LogP contribution in [-0.4, -0.2) is 40.8 Å². The second-order valence-electron chi connectivity index (χ2n) is 4.73. The molecule has 0 fully saturated rings. The normalized spacial score (nSPS) is 11.8. The molecule has 116 valence electrons. The maximum Gasteiger partial charge on any atom is 0.488 e. The first-order chi connectivity index (χ1) is 10.6. The van der Waals surface area contributed by atoms with Crippen LogP contribution in [0.5, 0.6) is 11.5 Å². The summed E-state index contributed by atoms with van der Waals surface area (Å²) >= 11 is 5.57. The van der Waals surface area contributed by atoms with E-state index in [4.69, 9.17) is 26.4 Å². The van der Waals surface area contributed by atoms with Crippen LogP contribution >= 0.6 is 11.6 Å². The molecule has 2 aromatic carbocycles. The van der Waals surface area contributed by atoms with Gasteiger partial charge in [0.1, 0.15) is 5.75 Å². The summed E-state index contributed by atoms with van der Waals surface area (Å²) in [7, 11) is -1.50. The van der Waals surface area contributed by atoms with Crippen molar-refractivity contribution in [2.45, 2.75) is 6.10 Å².